The molecule has 1 heterocycles. The molecule has 2 aromatic rings. The summed E-state index contributed by atoms with van der Waals surface area (Å²) in [4.78, 5) is 9.13. The number of nitrogens with zero attached hydrogens (tertiary/aromatic N) is 2. The first-order valence-electron chi connectivity index (χ1n) is 5.36. The molecule has 0 aliphatic rings. The van der Waals surface area contributed by atoms with Crippen LogP contribution in [-0.2, 0) is 11.4 Å². The number of aromatic nitrogens is 1. The Balaban J connectivity index is 1.97. The number of hydrogen-bond donors (Lipinski definition) is 1. The second kappa shape index (κ2) is 6.02. The Morgan fingerprint density at radius 2 is 2.22 bits per heavy atom. The summed E-state index contributed by atoms with van der Waals surface area (Å²) in [6.07, 6.45) is 3.41. The predicted octanol–water partition coefficient (Wildman–Crippen LogP) is 2.57. The molecule has 18 heavy (non-hydrogen) atoms. The number of nitrogens with two attached hydrogens (primary N) is 1. The van der Waals surface area contributed by atoms with E-state index in [1.807, 2.05) is 18.2 Å². The number of benzene rings is 1. The van der Waals surface area contributed by atoms with Gasteiger partial charge in [-0.2, -0.15) is 0 Å². The van der Waals surface area contributed by atoms with Crippen molar-refractivity contribution in [3.63, 3.8) is 0 Å². The normalized spacial score (nSPS) is 11.3. The van der Waals surface area contributed by atoms with Crippen molar-refractivity contribution in [2.24, 2.45) is 10.9 Å². The fraction of sp³-hybridized carbons (Fsp3) is 0.0769. The van der Waals surface area contributed by atoms with E-state index in [0.717, 1.165) is 11.1 Å². The van der Waals surface area contributed by atoms with Gasteiger partial charge in [-0.05, 0) is 18.2 Å². The molecule has 0 spiro atoms. The number of amidine groups is 1. The number of rotatable bonds is 4. The predicted molar refractivity (Wildman–Crippen MR) is 71.2 cm³/mol. The first-order chi connectivity index (χ1) is 8.75. The Hall–Kier alpha value is -2.07. The summed E-state index contributed by atoms with van der Waals surface area (Å²) in [7, 11) is 0. The van der Waals surface area contributed by atoms with Crippen LogP contribution in [0.4, 0.5) is 0 Å². The van der Waals surface area contributed by atoms with Gasteiger partial charge in [-0.25, -0.2) is 0 Å². The molecule has 0 radical (unpaired) electrons. The zero-order valence-electron chi connectivity index (χ0n) is 9.58. The number of oxime groups is 1. The zero-order valence-corrected chi connectivity index (χ0v) is 10.3. The topological polar surface area (TPSA) is 60.5 Å². The van der Waals surface area contributed by atoms with Gasteiger partial charge in [0.05, 0.1) is 0 Å². The summed E-state index contributed by atoms with van der Waals surface area (Å²) in [6.45, 7) is 0.328. The van der Waals surface area contributed by atoms with Crippen LogP contribution >= 0.6 is 11.6 Å². The van der Waals surface area contributed by atoms with E-state index in [-0.39, 0.29) is 0 Å². The van der Waals surface area contributed by atoms with E-state index < -0.39 is 0 Å². The molecule has 0 amide bonds. The van der Waals surface area contributed by atoms with Crippen LogP contribution in [0, 0.1) is 0 Å². The van der Waals surface area contributed by atoms with Crippen molar-refractivity contribution >= 4 is 17.4 Å². The lowest BCUT2D eigenvalue weighted by atomic mass is 10.2. The van der Waals surface area contributed by atoms with Gasteiger partial charge in [0.15, 0.2) is 5.84 Å². The summed E-state index contributed by atoms with van der Waals surface area (Å²) >= 11 is 5.86. The van der Waals surface area contributed by atoms with Crippen molar-refractivity contribution in [2.45, 2.75) is 6.61 Å². The SMILES string of the molecule is N/C(=N\OCc1cccnc1)c1cccc(Cl)c1. The van der Waals surface area contributed by atoms with E-state index in [1.165, 1.54) is 0 Å². The molecule has 1 aromatic carbocycles. The Morgan fingerprint density at radius 1 is 1.33 bits per heavy atom. The molecule has 0 bridgehead atoms. The molecule has 0 aliphatic carbocycles. The highest BCUT2D eigenvalue weighted by Gasteiger charge is 1.99. The number of pyridine rings is 1. The van der Waals surface area contributed by atoms with Crippen LogP contribution in [0.15, 0.2) is 53.9 Å². The van der Waals surface area contributed by atoms with Gasteiger partial charge in [0.25, 0.3) is 0 Å². The third kappa shape index (κ3) is 3.46. The molecule has 0 atom stereocenters. The molecule has 0 saturated heterocycles. The largest absolute Gasteiger partial charge is 0.389 e. The average Bonchev–Trinajstić information content (AvgIpc) is 2.40. The zero-order chi connectivity index (χ0) is 12.8. The highest BCUT2D eigenvalue weighted by atomic mass is 35.5. The molecule has 1 aromatic heterocycles. The first-order valence-corrected chi connectivity index (χ1v) is 5.74. The Bertz CT molecular complexity index is 543. The fourth-order valence-corrected chi connectivity index (χ4v) is 1.55. The van der Waals surface area contributed by atoms with E-state index in [9.17, 15) is 0 Å². The molecule has 4 nitrogen and oxygen atoms in total. The van der Waals surface area contributed by atoms with Crippen LogP contribution in [0.5, 0.6) is 0 Å². The summed E-state index contributed by atoms with van der Waals surface area (Å²) in [5, 5.41) is 4.45. The van der Waals surface area contributed by atoms with Gasteiger partial charge in [-0.1, -0.05) is 35.0 Å². The summed E-state index contributed by atoms with van der Waals surface area (Å²) in [6, 6.07) is 10.9. The summed E-state index contributed by atoms with van der Waals surface area (Å²) in [5.74, 6) is 0.293. The molecule has 2 rings (SSSR count). The molecular formula is C13H12ClN3O. The molecular weight excluding hydrogens is 250 g/mol. The van der Waals surface area contributed by atoms with Crippen molar-refractivity contribution in [2.75, 3.05) is 0 Å². The van der Waals surface area contributed by atoms with Gasteiger partial charge in [-0.3, -0.25) is 4.98 Å². The third-order valence-corrected chi connectivity index (χ3v) is 2.47. The molecule has 2 N–H and O–H groups in total. The van der Waals surface area contributed by atoms with Gasteiger partial charge in [0, 0.05) is 28.5 Å². The minimum absolute atomic E-state index is 0.293. The average molecular weight is 262 g/mol. The van der Waals surface area contributed by atoms with Crippen LogP contribution in [0.25, 0.3) is 0 Å². The second-order valence-corrected chi connectivity index (χ2v) is 4.06. The van der Waals surface area contributed by atoms with Crippen molar-refractivity contribution in [3.8, 4) is 0 Å². The van der Waals surface area contributed by atoms with Crippen molar-refractivity contribution in [3.05, 3.63) is 64.9 Å². The van der Waals surface area contributed by atoms with E-state index >= 15 is 0 Å². The Morgan fingerprint density at radius 3 is 2.94 bits per heavy atom. The highest BCUT2D eigenvalue weighted by Crippen LogP contribution is 2.10. The number of hydrogen-bond acceptors (Lipinski definition) is 3. The maximum absolute atomic E-state index is 5.86. The third-order valence-electron chi connectivity index (χ3n) is 2.24. The highest BCUT2D eigenvalue weighted by molar-refractivity contribution is 6.31. The summed E-state index contributed by atoms with van der Waals surface area (Å²) < 4.78 is 0. The van der Waals surface area contributed by atoms with Crippen LogP contribution < -0.4 is 5.73 Å². The van der Waals surface area contributed by atoms with Crippen molar-refractivity contribution < 1.29 is 4.84 Å². The van der Waals surface area contributed by atoms with Gasteiger partial charge in [0.2, 0.25) is 0 Å². The fourth-order valence-electron chi connectivity index (χ4n) is 1.36. The smallest absolute Gasteiger partial charge is 0.170 e. The maximum atomic E-state index is 5.86. The standard InChI is InChI=1S/C13H12ClN3O/c14-12-5-1-4-11(7-12)13(15)17-18-9-10-3-2-6-16-8-10/h1-8H,9H2,(H2,15,17). The molecule has 0 aliphatic heterocycles. The van der Waals surface area contributed by atoms with Gasteiger partial charge in [0.1, 0.15) is 6.61 Å². The number of halogens is 1. The Labute approximate surface area is 110 Å². The summed E-state index contributed by atoms with van der Waals surface area (Å²) in [5.41, 5.74) is 7.44. The van der Waals surface area contributed by atoms with E-state index in [4.69, 9.17) is 22.2 Å². The minimum Gasteiger partial charge on any atom is -0.389 e. The molecule has 0 saturated carbocycles. The van der Waals surface area contributed by atoms with Crippen LogP contribution in [0.1, 0.15) is 11.1 Å². The lowest BCUT2D eigenvalue weighted by Crippen LogP contribution is -2.13. The van der Waals surface area contributed by atoms with Gasteiger partial charge >= 0.3 is 0 Å². The molecule has 5 heteroatoms. The Kier molecular flexibility index (Phi) is 4.15. The van der Waals surface area contributed by atoms with Gasteiger partial charge < -0.3 is 10.6 Å². The van der Waals surface area contributed by atoms with Crippen LogP contribution in [0.3, 0.4) is 0 Å². The quantitative estimate of drug-likeness (QED) is 0.523. The van der Waals surface area contributed by atoms with Crippen LogP contribution in [-0.4, -0.2) is 10.8 Å². The van der Waals surface area contributed by atoms with E-state index in [1.54, 1.807) is 30.6 Å². The van der Waals surface area contributed by atoms with E-state index in [0.29, 0.717) is 17.5 Å². The van der Waals surface area contributed by atoms with Gasteiger partial charge in [-0.15, -0.1) is 0 Å². The maximum Gasteiger partial charge on any atom is 0.170 e. The first kappa shape index (κ1) is 12.4. The lowest BCUT2D eigenvalue weighted by molar-refractivity contribution is 0.130. The second-order valence-electron chi connectivity index (χ2n) is 3.62. The molecule has 0 fully saturated rings. The van der Waals surface area contributed by atoms with Crippen molar-refractivity contribution in [1.29, 1.82) is 0 Å². The van der Waals surface area contributed by atoms with Crippen molar-refractivity contribution in [1.82, 2.24) is 4.98 Å². The minimum atomic E-state index is 0.293. The molecule has 0 unspecified atom stereocenters. The molecule has 92 valence electrons. The van der Waals surface area contributed by atoms with E-state index in [2.05, 4.69) is 10.1 Å². The monoisotopic (exact) mass is 261 g/mol. The lowest BCUT2D eigenvalue weighted by Gasteiger charge is -2.02. The van der Waals surface area contributed by atoms with Crippen LogP contribution in [0.2, 0.25) is 5.02 Å².